The highest BCUT2D eigenvalue weighted by molar-refractivity contribution is 5.79. The predicted molar refractivity (Wildman–Crippen MR) is 91.1 cm³/mol. The topological polar surface area (TPSA) is 61.4 Å². The van der Waals surface area contributed by atoms with Gasteiger partial charge >= 0.3 is 6.03 Å². The summed E-state index contributed by atoms with van der Waals surface area (Å²) in [5.41, 5.74) is 0.543. The quantitative estimate of drug-likeness (QED) is 0.891. The lowest BCUT2D eigenvalue weighted by Crippen LogP contribution is -2.52. The van der Waals surface area contributed by atoms with Gasteiger partial charge in [0, 0.05) is 24.7 Å². The lowest BCUT2D eigenvalue weighted by molar-refractivity contribution is -0.131. The monoisotopic (exact) mass is 335 g/mol. The molecular weight excluding hydrogens is 309 g/mol. The van der Waals surface area contributed by atoms with Gasteiger partial charge in [0.15, 0.2) is 0 Å². The Morgan fingerprint density at radius 3 is 2.29 bits per heavy atom. The normalized spacial score (nSPS) is 15.9. The Balaban J connectivity index is 1.76. The maximum atomic E-state index is 12.9. The Morgan fingerprint density at radius 1 is 1.17 bits per heavy atom. The molecule has 1 aromatic carbocycles. The summed E-state index contributed by atoms with van der Waals surface area (Å²) >= 11 is 0. The number of hydrogen-bond acceptors (Lipinski definition) is 2. The number of urea groups is 1. The highest BCUT2D eigenvalue weighted by atomic mass is 19.1. The van der Waals surface area contributed by atoms with E-state index in [0.717, 1.165) is 18.4 Å². The molecule has 0 atom stereocenters. The van der Waals surface area contributed by atoms with Crippen molar-refractivity contribution in [1.29, 1.82) is 0 Å². The zero-order valence-electron chi connectivity index (χ0n) is 14.6. The summed E-state index contributed by atoms with van der Waals surface area (Å²) in [5.74, 6) is -0.258. The zero-order chi connectivity index (χ0) is 17.7. The number of halogens is 1. The summed E-state index contributed by atoms with van der Waals surface area (Å²) in [6.07, 6.45) is 1.77. The molecule has 1 heterocycles. The van der Waals surface area contributed by atoms with Crippen LogP contribution in [0.25, 0.3) is 0 Å². The van der Waals surface area contributed by atoms with Crippen LogP contribution in [0.2, 0.25) is 0 Å². The molecule has 0 aliphatic carbocycles. The lowest BCUT2D eigenvalue weighted by Gasteiger charge is -2.33. The molecule has 5 nitrogen and oxygen atoms in total. The van der Waals surface area contributed by atoms with Crippen LogP contribution in [0.5, 0.6) is 0 Å². The van der Waals surface area contributed by atoms with Crippen LogP contribution in [0.4, 0.5) is 9.18 Å². The number of benzene rings is 1. The minimum Gasteiger partial charge on any atom is -0.342 e. The average Bonchev–Trinajstić information content (AvgIpc) is 2.48. The van der Waals surface area contributed by atoms with Gasteiger partial charge in [-0.1, -0.05) is 12.1 Å². The summed E-state index contributed by atoms with van der Waals surface area (Å²) in [4.78, 5) is 26.0. The third kappa shape index (κ3) is 5.83. The number of carbonyl (C=O) groups excluding carboxylic acids is 2. The minimum absolute atomic E-state index is 0.0409. The number of rotatable bonds is 3. The fourth-order valence-electron chi connectivity index (χ4n) is 2.72. The highest BCUT2D eigenvalue weighted by Gasteiger charge is 2.24. The van der Waals surface area contributed by atoms with E-state index in [2.05, 4.69) is 10.6 Å². The van der Waals surface area contributed by atoms with Crippen molar-refractivity contribution in [3.63, 3.8) is 0 Å². The molecule has 0 bridgehead atoms. The molecule has 0 radical (unpaired) electrons. The second kappa shape index (κ2) is 7.64. The molecule has 0 aromatic heterocycles. The summed E-state index contributed by atoms with van der Waals surface area (Å²) < 4.78 is 12.9. The molecule has 1 fully saturated rings. The van der Waals surface area contributed by atoms with Crippen molar-refractivity contribution in [3.05, 3.63) is 35.6 Å². The van der Waals surface area contributed by atoms with E-state index < -0.39 is 0 Å². The van der Waals surface area contributed by atoms with Gasteiger partial charge in [-0.05, 0) is 51.3 Å². The van der Waals surface area contributed by atoms with Crippen LogP contribution in [-0.2, 0) is 11.2 Å². The van der Waals surface area contributed by atoms with Crippen molar-refractivity contribution in [2.24, 2.45) is 0 Å². The molecule has 6 heteroatoms. The van der Waals surface area contributed by atoms with Crippen LogP contribution in [0.3, 0.4) is 0 Å². The number of carbonyl (C=O) groups is 2. The molecule has 24 heavy (non-hydrogen) atoms. The van der Waals surface area contributed by atoms with E-state index in [-0.39, 0.29) is 35.8 Å². The van der Waals surface area contributed by atoms with Crippen LogP contribution in [-0.4, -0.2) is 41.5 Å². The average molecular weight is 335 g/mol. The SMILES string of the molecule is CC(C)(C)NC(=O)NC1CCN(C(=O)Cc2ccc(F)cc2)CC1. The maximum absolute atomic E-state index is 12.9. The van der Waals surface area contributed by atoms with Crippen LogP contribution in [0.15, 0.2) is 24.3 Å². The van der Waals surface area contributed by atoms with Gasteiger partial charge in [0.2, 0.25) is 5.91 Å². The third-order valence-electron chi connectivity index (χ3n) is 3.94. The van der Waals surface area contributed by atoms with Gasteiger partial charge < -0.3 is 15.5 Å². The summed E-state index contributed by atoms with van der Waals surface area (Å²) in [7, 11) is 0. The Bertz CT molecular complexity index is 573. The van der Waals surface area contributed by atoms with Crippen molar-refractivity contribution in [3.8, 4) is 0 Å². The van der Waals surface area contributed by atoms with Crippen LogP contribution < -0.4 is 10.6 Å². The van der Waals surface area contributed by atoms with E-state index in [1.54, 1.807) is 12.1 Å². The largest absolute Gasteiger partial charge is 0.342 e. The zero-order valence-corrected chi connectivity index (χ0v) is 14.6. The number of hydrogen-bond donors (Lipinski definition) is 2. The molecule has 0 unspecified atom stereocenters. The minimum atomic E-state index is -0.299. The number of nitrogens with zero attached hydrogens (tertiary/aromatic N) is 1. The number of piperidine rings is 1. The second-order valence-electron chi connectivity index (χ2n) is 7.31. The first-order chi connectivity index (χ1) is 11.2. The van der Waals surface area contributed by atoms with E-state index >= 15 is 0 Å². The summed E-state index contributed by atoms with van der Waals surface area (Å²) in [6, 6.07) is 5.93. The van der Waals surface area contributed by atoms with Gasteiger partial charge in [-0.15, -0.1) is 0 Å². The molecule has 132 valence electrons. The van der Waals surface area contributed by atoms with Crippen molar-refractivity contribution < 1.29 is 14.0 Å². The molecule has 3 amide bonds. The van der Waals surface area contributed by atoms with Gasteiger partial charge in [-0.2, -0.15) is 0 Å². The number of amides is 3. The number of nitrogens with one attached hydrogen (secondary N) is 2. The Kier molecular flexibility index (Phi) is 5.80. The Labute approximate surface area is 142 Å². The molecule has 0 spiro atoms. The van der Waals surface area contributed by atoms with E-state index in [1.807, 2.05) is 25.7 Å². The molecule has 1 aliphatic heterocycles. The van der Waals surface area contributed by atoms with E-state index in [9.17, 15) is 14.0 Å². The smallest absolute Gasteiger partial charge is 0.315 e. The molecule has 2 rings (SSSR count). The first kappa shape index (κ1) is 18.2. The van der Waals surface area contributed by atoms with Crippen LogP contribution in [0.1, 0.15) is 39.2 Å². The molecule has 1 aromatic rings. The number of likely N-dealkylation sites (tertiary alicyclic amines) is 1. The van der Waals surface area contributed by atoms with Crippen molar-refractivity contribution >= 4 is 11.9 Å². The van der Waals surface area contributed by atoms with Crippen molar-refractivity contribution in [1.82, 2.24) is 15.5 Å². The summed E-state index contributed by atoms with van der Waals surface area (Å²) in [6.45, 7) is 7.05. The molecule has 2 N–H and O–H groups in total. The molecular formula is C18H26FN3O2. The van der Waals surface area contributed by atoms with Gasteiger partial charge in [0.05, 0.1) is 6.42 Å². The fraction of sp³-hybridized carbons (Fsp3) is 0.556. The highest BCUT2D eigenvalue weighted by Crippen LogP contribution is 2.13. The fourth-order valence-corrected chi connectivity index (χ4v) is 2.72. The molecule has 1 saturated heterocycles. The van der Waals surface area contributed by atoms with Gasteiger partial charge in [-0.3, -0.25) is 4.79 Å². The maximum Gasteiger partial charge on any atom is 0.315 e. The Hall–Kier alpha value is -2.11. The Morgan fingerprint density at radius 2 is 1.75 bits per heavy atom. The first-order valence-electron chi connectivity index (χ1n) is 8.34. The molecule has 1 aliphatic rings. The lowest BCUT2D eigenvalue weighted by atomic mass is 10.0. The van der Waals surface area contributed by atoms with Gasteiger partial charge in [-0.25, -0.2) is 9.18 Å². The van der Waals surface area contributed by atoms with E-state index in [1.165, 1.54) is 12.1 Å². The van der Waals surface area contributed by atoms with Gasteiger partial charge in [0.25, 0.3) is 0 Å². The van der Waals surface area contributed by atoms with E-state index in [0.29, 0.717) is 13.1 Å². The van der Waals surface area contributed by atoms with Crippen molar-refractivity contribution in [2.75, 3.05) is 13.1 Å². The standard InChI is InChI=1S/C18H26FN3O2/c1-18(2,3)21-17(24)20-15-8-10-22(11-9-15)16(23)12-13-4-6-14(19)7-5-13/h4-7,15H,8-12H2,1-3H3,(H2,20,21,24). The summed E-state index contributed by atoms with van der Waals surface area (Å²) in [5, 5.41) is 5.84. The second-order valence-corrected chi connectivity index (χ2v) is 7.31. The van der Waals surface area contributed by atoms with Crippen LogP contribution >= 0.6 is 0 Å². The van der Waals surface area contributed by atoms with Gasteiger partial charge in [0.1, 0.15) is 5.82 Å². The predicted octanol–water partition coefficient (Wildman–Crippen LogP) is 2.46. The van der Waals surface area contributed by atoms with Crippen LogP contribution in [0, 0.1) is 5.82 Å². The van der Waals surface area contributed by atoms with E-state index in [4.69, 9.17) is 0 Å². The first-order valence-corrected chi connectivity index (χ1v) is 8.34. The third-order valence-corrected chi connectivity index (χ3v) is 3.94. The molecule has 0 saturated carbocycles. The van der Waals surface area contributed by atoms with Crippen molar-refractivity contribution in [2.45, 2.75) is 51.6 Å².